The molecule has 0 spiro atoms. The first-order valence-corrected chi connectivity index (χ1v) is 7.07. The van der Waals surface area contributed by atoms with Gasteiger partial charge in [-0.25, -0.2) is 14.3 Å². The number of carbonyl (C=O) groups is 2. The van der Waals surface area contributed by atoms with Gasteiger partial charge in [0.05, 0.1) is 19.0 Å². The molecule has 1 atom stereocenters. The SMILES string of the molecule is CC(C)(C)OC(=O)NC(CCc1nnnn1CCC#N)C(=O)O. The summed E-state index contributed by atoms with van der Waals surface area (Å²) in [5.74, 6) is -0.718. The molecule has 0 aromatic carbocycles. The van der Waals surface area contributed by atoms with E-state index >= 15 is 0 Å². The highest BCUT2D eigenvalue weighted by Gasteiger charge is 2.24. The van der Waals surface area contributed by atoms with Crippen LogP contribution < -0.4 is 5.32 Å². The van der Waals surface area contributed by atoms with E-state index in [0.717, 1.165) is 0 Å². The average molecular weight is 324 g/mol. The number of nitrogens with one attached hydrogen (secondary N) is 1. The monoisotopic (exact) mass is 324 g/mol. The van der Waals surface area contributed by atoms with E-state index in [1.807, 2.05) is 6.07 Å². The van der Waals surface area contributed by atoms with Crippen LogP contribution in [-0.2, 0) is 22.5 Å². The zero-order chi connectivity index (χ0) is 17.5. The third-order valence-corrected chi connectivity index (χ3v) is 2.69. The molecule has 0 saturated heterocycles. The van der Waals surface area contributed by atoms with Crippen molar-refractivity contribution in [2.75, 3.05) is 0 Å². The summed E-state index contributed by atoms with van der Waals surface area (Å²) >= 11 is 0. The quantitative estimate of drug-likeness (QED) is 0.737. The number of aliphatic carboxylic acids is 1. The Balaban J connectivity index is 2.61. The fourth-order valence-corrected chi connectivity index (χ4v) is 1.71. The van der Waals surface area contributed by atoms with Gasteiger partial charge in [0.15, 0.2) is 5.82 Å². The zero-order valence-electron chi connectivity index (χ0n) is 13.3. The lowest BCUT2D eigenvalue weighted by Gasteiger charge is -2.21. The Morgan fingerprint density at radius 1 is 1.48 bits per heavy atom. The number of hydrogen-bond acceptors (Lipinski definition) is 7. The lowest BCUT2D eigenvalue weighted by Crippen LogP contribution is -2.43. The summed E-state index contributed by atoms with van der Waals surface area (Å²) in [7, 11) is 0. The van der Waals surface area contributed by atoms with Gasteiger partial charge in [-0.05, 0) is 37.6 Å². The van der Waals surface area contributed by atoms with Crippen LogP contribution in [0.5, 0.6) is 0 Å². The van der Waals surface area contributed by atoms with E-state index in [1.54, 1.807) is 20.8 Å². The third-order valence-electron chi connectivity index (χ3n) is 2.69. The first-order valence-electron chi connectivity index (χ1n) is 7.07. The summed E-state index contributed by atoms with van der Waals surface area (Å²) < 4.78 is 6.48. The maximum atomic E-state index is 11.7. The molecule has 0 fully saturated rings. The smallest absolute Gasteiger partial charge is 0.408 e. The van der Waals surface area contributed by atoms with Crippen LogP contribution in [0.25, 0.3) is 0 Å². The van der Waals surface area contributed by atoms with Gasteiger partial charge in [0.1, 0.15) is 11.6 Å². The second-order valence-corrected chi connectivity index (χ2v) is 5.80. The summed E-state index contributed by atoms with van der Waals surface area (Å²) in [6.45, 7) is 5.39. The highest BCUT2D eigenvalue weighted by atomic mass is 16.6. The number of carbonyl (C=O) groups excluding carboxylic acids is 1. The zero-order valence-corrected chi connectivity index (χ0v) is 13.3. The van der Waals surface area contributed by atoms with Gasteiger partial charge >= 0.3 is 12.1 Å². The highest BCUT2D eigenvalue weighted by Crippen LogP contribution is 2.08. The molecule has 1 unspecified atom stereocenters. The van der Waals surface area contributed by atoms with Crippen LogP contribution in [0.3, 0.4) is 0 Å². The number of amides is 1. The fraction of sp³-hybridized carbons (Fsp3) is 0.692. The van der Waals surface area contributed by atoms with Crippen molar-refractivity contribution < 1.29 is 19.4 Å². The molecule has 1 amide bonds. The van der Waals surface area contributed by atoms with E-state index in [2.05, 4.69) is 20.8 Å². The Morgan fingerprint density at radius 2 is 2.17 bits per heavy atom. The minimum absolute atomic E-state index is 0.0987. The van der Waals surface area contributed by atoms with E-state index in [-0.39, 0.29) is 19.3 Å². The van der Waals surface area contributed by atoms with Gasteiger partial charge in [-0.2, -0.15) is 5.26 Å². The molecule has 126 valence electrons. The van der Waals surface area contributed by atoms with Crippen molar-refractivity contribution in [3.8, 4) is 6.07 Å². The maximum Gasteiger partial charge on any atom is 0.408 e. The Bertz CT molecular complexity index is 586. The largest absolute Gasteiger partial charge is 0.480 e. The Morgan fingerprint density at radius 3 is 2.74 bits per heavy atom. The van der Waals surface area contributed by atoms with Crippen LogP contribution in [0.15, 0.2) is 0 Å². The number of carboxylic acids is 1. The molecule has 1 aromatic rings. The van der Waals surface area contributed by atoms with E-state index in [4.69, 9.17) is 10.00 Å². The first-order chi connectivity index (χ1) is 10.7. The summed E-state index contributed by atoms with van der Waals surface area (Å²) in [5.41, 5.74) is -0.714. The summed E-state index contributed by atoms with van der Waals surface area (Å²) in [6, 6.07) is 0.861. The van der Waals surface area contributed by atoms with Crippen LogP contribution in [-0.4, -0.2) is 49.0 Å². The predicted molar refractivity (Wildman–Crippen MR) is 77.2 cm³/mol. The lowest BCUT2D eigenvalue weighted by molar-refractivity contribution is -0.139. The number of aryl methyl sites for hydroxylation is 2. The third kappa shape index (κ3) is 6.73. The molecule has 0 saturated carbocycles. The lowest BCUT2D eigenvalue weighted by atomic mass is 10.1. The van der Waals surface area contributed by atoms with Crippen LogP contribution in [0.4, 0.5) is 4.79 Å². The number of tetrazole rings is 1. The van der Waals surface area contributed by atoms with Gasteiger partial charge in [-0.15, -0.1) is 5.10 Å². The van der Waals surface area contributed by atoms with Crippen molar-refractivity contribution >= 4 is 12.1 Å². The summed E-state index contributed by atoms with van der Waals surface area (Å²) in [6.07, 6.45) is -0.211. The fourth-order valence-electron chi connectivity index (χ4n) is 1.71. The summed E-state index contributed by atoms with van der Waals surface area (Å²) in [4.78, 5) is 22.9. The van der Waals surface area contributed by atoms with Gasteiger partial charge in [0.25, 0.3) is 0 Å². The van der Waals surface area contributed by atoms with Crippen LogP contribution in [0.2, 0.25) is 0 Å². The predicted octanol–water partition coefficient (Wildman–Crippen LogP) is 0.497. The number of hydrogen-bond donors (Lipinski definition) is 2. The van der Waals surface area contributed by atoms with Gasteiger partial charge in [-0.1, -0.05) is 0 Å². The van der Waals surface area contributed by atoms with Crippen molar-refractivity contribution in [1.29, 1.82) is 5.26 Å². The Kier molecular flexibility index (Phi) is 6.44. The van der Waals surface area contributed by atoms with Crippen molar-refractivity contribution in [1.82, 2.24) is 25.5 Å². The molecule has 10 heteroatoms. The van der Waals surface area contributed by atoms with Gasteiger partial charge in [0, 0.05) is 6.42 Å². The normalized spacial score (nSPS) is 12.3. The second kappa shape index (κ2) is 8.07. The van der Waals surface area contributed by atoms with Crippen LogP contribution in [0, 0.1) is 11.3 Å². The number of ether oxygens (including phenoxy) is 1. The van der Waals surface area contributed by atoms with Gasteiger partial charge < -0.3 is 15.2 Å². The number of aromatic nitrogens is 4. The van der Waals surface area contributed by atoms with Gasteiger partial charge in [0.2, 0.25) is 0 Å². The van der Waals surface area contributed by atoms with Crippen LogP contribution >= 0.6 is 0 Å². The Labute approximate surface area is 133 Å². The molecule has 0 bridgehead atoms. The number of carboxylic acid groups (broad SMARTS) is 1. The van der Waals surface area contributed by atoms with Crippen molar-refractivity contribution in [3.63, 3.8) is 0 Å². The minimum atomic E-state index is -1.17. The van der Waals surface area contributed by atoms with E-state index in [9.17, 15) is 14.7 Å². The minimum Gasteiger partial charge on any atom is -0.480 e. The molecular weight excluding hydrogens is 304 g/mol. The topological polar surface area (TPSA) is 143 Å². The number of alkyl carbamates (subject to hydrolysis) is 1. The van der Waals surface area contributed by atoms with Gasteiger partial charge in [-0.3, -0.25) is 0 Å². The molecule has 2 N–H and O–H groups in total. The number of rotatable bonds is 7. The number of nitrogens with zero attached hydrogens (tertiary/aromatic N) is 5. The molecule has 1 heterocycles. The molecule has 1 rings (SSSR count). The molecule has 0 radical (unpaired) electrons. The van der Waals surface area contributed by atoms with E-state index in [0.29, 0.717) is 12.4 Å². The second-order valence-electron chi connectivity index (χ2n) is 5.80. The van der Waals surface area contributed by atoms with E-state index < -0.39 is 23.7 Å². The molecule has 0 aliphatic heterocycles. The highest BCUT2D eigenvalue weighted by molar-refractivity contribution is 5.79. The molecular formula is C13H20N6O4. The average Bonchev–Trinajstić information content (AvgIpc) is 2.86. The molecule has 10 nitrogen and oxygen atoms in total. The first kappa shape index (κ1) is 18.3. The maximum absolute atomic E-state index is 11.7. The standard InChI is InChI=1S/C13H20N6O4/c1-13(2,3)23-12(22)15-9(11(20)21)5-6-10-16-17-18-19(10)8-4-7-14/h9H,4-6,8H2,1-3H3,(H,15,22)(H,20,21). The van der Waals surface area contributed by atoms with Crippen molar-refractivity contribution in [2.24, 2.45) is 0 Å². The van der Waals surface area contributed by atoms with E-state index in [1.165, 1.54) is 4.68 Å². The number of nitriles is 1. The van der Waals surface area contributed by atoms with Crippen molar-refractivity contribution in [3.05, 3.63) is 5.82 Å². The molecule has 23 heavy (non-hydrogen) atoms. The van der Waals surface area contributed by atoms with Crippen molar-refractivity contribution in [2.45, 2.75) is 58.2 Å². The van der Waals surface area contributed by atoms with Crippen LogP contribution in [0.1, 0.15) is 39.4 Å². The molecule has 0 aliphatic carbocycles. The summed E-state index contributed by atoms with van der Waals surface area (Å²) in [5, 5.41) is 31.1. The molecule has 0 aliphatic rings. The Hall–Kier alpha value is -2.70. The molecule has 1 aromatic heterocycles.